The van der Waals surface area contributed by atoms with E-state index in [-0.39, 0.29) is 11.4 Å². The number of nitrogens with zero attached hydrogens (tertiary/aromatic N) is 1. The summed E-state index contributed by atoms with van der Waals surface area (Å²) < 4.78 is 4.96. The Labute approximate surface area is 136 Å². The molecule has 0 aliphatic carbocycles. The molecule has 1 heterocycles. The molecule has 0 atom stereocenters. The van der Waals surface area contributed by atoms with Gasteiger partial charge in [0.05, 0.1) is 10.5 Å². The second-order valence-corrected chi connectivity index (χ2v) is 6.22. The molecule has 0 unspecified atom stereocenters. The molecular weight excluding hydrogens is 320 g/mol. The van der Waals surface area contributed by atoms with Crippen LogP contribution in [0.3, 0.4) is 0 Å². The summed E-state index contributed by atoms with van der Waals surface area (Å²) in [6, 6.07) is 7.22. The third kappa shape index (κ3) is 4.36. The molecule has 0 saturated carbocycles. The van der Waals surface area contributed by atoms with Gasteiger partial charge in [0.1, 0.15) is 0 Å². The van der Waals surface area contributed by atoms with E-state index in [1.54, 1.807) is 13.0 Å². The summed E-state index contributed by atoms with van der Waals surface area (Å²) in [6.07, 6.45) is 0. The van der Waals surface area contributed by atoms with Crippen molar-refractivity contribution in [2.45, 2.75) is 13.8 Å². The first kappa shape index (κ1) is 16.6. The lowest BCUT2D eigenvalue weighted by Gasteiger charge is -2.06. The molecule has 0 aliphatic rings. The zero-order valence-electron chi connectivity index (χ0n) is 12.5. The van der Waals surface area contributed by atoms with Crippen LogP contribution in [0.5, 0.6) is 0 Å². The van der Waals surface area contributed by atoms with E-state index in [1.807, 2.05) is 6.92 Å². The zero-order valence-corrected chi connectivity index (χ0v) is 13.3. The highest BCUT2D eigenvalue weighted by atomic mass is 32.1. The summed E-state index contributed by atoms with van der Waals surface area (Å²) in [5.74, 6) is -1.13. The van der Waals surface area contributed by atoms with E-state index >= 15 is 0 Å². The molecule has 23 heavy (non-hydrogen) atoms. The van der Waals surface area contributed by atoms with Crippen molar-refractivity contribution < 1.29 is 19.2 Å². The van der Waals surface area contributed by atoms with Crippen LogP contribution in [0.25, 0.3) is 0 Å². The van der Waals surface area contributed by atoms with Gasteiger partial charge in [0.25, 0.3) is 11.6 Å². The van der Waals surface area contributed by atoms with Gasteiger partial charge in [0.15, 0.2) is 6.61 Å². The van der Waals surface area contributed by atoms with Crippen molar-refractivity contribution in [3.63, 3.8) is 0 Å². The van der Waals surface area contributed by atoms with Crippen LogP contribution >= 0.6 is 11.3 Å². The lowest BCUT2D eigenvalue weighted by Crippen LogP contribution is -2.21. The zero-order chi connectivity index (χ0) is 17.0. The van der Waals surface area contributed by atoms with Gasteiger partial charge in [-0.1, -0.05) is 6.07 Å². The average molecular weight is 334 g/mol. The third-order valence-corrected chi connectivity index (χ3v) is 3.90. The number of nitro benzene ring substituents is 1. The Morgan fingerprint density at radius 3 is 2.65 bits per heavy atom. The van der Waals surface area contributed by atoms with E-state index in [0.717, 1.165) is 9.75 Å². The first-order valence-corrected chi connectivity index (χ1v) is 7.47. The molecule has 2 aromatic rings. The summed E-state index contributed by atoms with van der Waals surface area (Å²) >= 11 is 1.47. The highest BCUT2D eigenvalue weighted by molar-refractivity contribution is 7.12. The minimum Gasteiger partial charge on any atom is -0.452 e. The summed E-state index contributed by atoms with van der Waals surface area (Å²) in [7, 11) is 0. The molecule has 0 radical (unpaired) electrons. The van der Waals surface area contributed by atoms with Gasteiger partial charge in [-0.15, -0.1) is 11.3 Å². The fourth-order valence-electron chi connectivity index (χ4n) is 1.94. The van der Waals surface area contributed by atoms with Crippen molar-refractivity contribution in [3.05, 3.63) is 55.8 Å². The number of rotatable bonds is 5. The lowest BCUT2D eigenvalue weighted by molar-refractivity contribution is -0.384. The Hall–Kier alpha value is -2.74. The maximum atomic E-state index is 11.9. The number of aryl methyl sites for hydroxylation is 2. The molecule has 8 heteroatoms. The number of amides is 1. The number of carbonyl (C=O) groups is 2. The summed E-state index contributed by atoms with van der Waals surface area (Å²) in [4.78, 5) is 35.6. The van der Waals surface area contributed by atoms with Crippen molar-refractivity contribution >= 4 is 34.6 Å². The Kier molecular flexibility index (Phi) is 5.07. The molecule has 120 valence electrons. The SMILES string of the molecule is Cc1cc(C(=O)OCC(=O)Nc2cccc([N+](=O)[O-])c2)c(C)s1. The molecule has 1 N–H and O–H groups in total. The number of esters is 1. The maximum Gasteiger partial charge on any atom is 0.339 e. The van der Waals surface area contributed by atoms with E-state index in [4.69, 9.17) is 4.74 Å². The average Bonchev–Trinajstić information content (AvgIpc) is 2.84. The van der Waals surface area contributed by atoms with E-state index in [9.17, 15) is 19.7 Å². The normalized spacial score (nSPS) is 10.2. The van der Waals surface area contributed by atoms with Crippen LogP contribution in [-0.4, -0.2) is 23.4 Å². The fraction of sp³-hybridized carbons (Fsp3) is 0.200. The van der Waals surface area contributed by atoms with Gasteiger partial charge in [0, 0.05) is 27.6 Å². The Morgan fingerprint density at radius 2 is 2.04 bits per heavy atom. The van der Waals surface area contributed by atoms with Gasteiger partial charge < -0.3 is 10.1 Å². The van der Waals surface area contributed by atoms with Crippen LogP contribution in [0, 0.1) is 24.0 Å². The summed E-state index contributed by atoms with van der Waals surface area (Å²) in [5.41, 5.74) is 0.572. The lowest BCUT2D eigenvalue weighted by atomic mass is 10.2. The van der Waals surface area contributed by atoms with Gasteiger partial charge >= 0.3 is 5.97 Å². The second-order valence-electron chi connectivity index (χ2n) is 4.76. The molecule has 0 spiro atoms. The van der Waals surface area contributed by atoms with Gasteiger partial charge in [-0.2, -0.15) is 0 Å². The summed E-state index contributed by atoms with van der Waals surface area (Å²) in [6.45, 7) is 3.22. The van der Waals surface area contributed by atoms with Crippen molar-refractivity contribution in [2.24, 2.45) is 0 Å². The van der Waals surface area contributed by atoms with Gasteiger partial charge in [0.2, 0.25) is 0 Å². The van der Waals surface area contributed by atoms with Gasteiger partial charge in [-0.3, -0.25) is 14.9 Å². The number of carbonyl (C=O) groups excluding carboxylic acids is 2. The third-order valence-electron chi connectivity index (χ3n) is 2.94. The predicted octanol–water partition coefficient (Wildman–Crippen LogP) is 3.07. The number of anilines is 1. The van der Waals surface area contributed by atoms with Crippen LogP contribution in [0.15, 0.2) is 30.3 Å². The van der Waals surface area contributed by atoms with Crippen LogP contribution < -0.4 is 5.32 Å². The molecule has 2 rings (SSSR count). The van der Waals surface area contributed by atoms with Crippen LogP contribution in [0.1, 0.15) is 20.1 Å². The molecule has 0 saturated heterocycles. The smallest absolute Gasteiger partial charge is 0.339 e. The quantitative estimate of drug-likeness (QED) is 0.515. The Bertz CT molecular complexity index is 769. The molecule has 1 aromatic carbocycles. The predicted molar refractivity (Wildman–Crippen MR) is 85.8 cm³/mol. The highest BCUT2D eigenvalue weighted by Gasteiger charge is 2.15. The van der Waals surface area contributed by atoms with Crippen molar-refractivity contribution in [3.8, 4) is 0 Å². The monoisotopic (exact) mass is 334 g/mol. The van der Waals surface area contributed by atoms with Crippen molar-refractivity contribution in [1.29, 1.82) is 0 Å². The fourth-order valence-corrected chi connectivity index (χ4v) is 2.85. The molecule has 0 aliphatic heterocycles. The number of hydrogen-bond donors (Lipinski definition) is 1. The second kappa shape index (κ2) is 7.01. The van der Waals surface area contributed by atoms with E-state index in [0.29, 0.717) is 5.56 Å². The molecule has 1 amide bonds. The maximum absolute atomic E-state index is 11.9. The summed E-state index contributed by atoms with van der Waals surface area (Å²) in [5, 5.41) is 13.1. The number of non-ortho nitro benzene ring substituents is 1. The first-order chi connectivity index (χ1) is 10.9. The van der Waals surface area contributed by atoms with Crippen LogP contribution in [-0.2, 0) is 9.53 Å². The largest absolute Gasteiger partial charge is 0.452 e. The number of thiophene rings is 1. The molecular formula is C15H14N2O5S. The number of benzene rings is 1. The minimum absolute atomic E-state index is 0.135. The van der Waals surface area contributed by atoms with Crippen molar-refractivity contribution in [2.75, 3.05) is 11.9 Å². The topological polar surface area (TPSA) is 98.5 Å². The number of ether oxygens (including phenoxy) is 1. The number of nitrogens with one attached hydrogen (secondary N) is 1. The van der Waals surface area contributed by atoms with Gasteiger partial charge in [-0.05, 0) is 26.0 Å². The van der Waals surface area contributed by atoms with Crippen LogP contribution in [0.2, 0.25) is 0 Å². The first-order valence-electron chi connectivity index (χ1n) is 6.65. The van der Waals surface area contributed by atoms with E-state index in [1.165, 1.54) is 35.6 Å². The van der Waals surface area contributed by atoms with E-state index in [2.05, 4.69) is 5.32 Å². The van der Waals surface area contributed by atoms with E-state index < -0.39 is 23.4 Å². The van der Waals surface area contributed by atoms with Crippen LogP contribution in [0.4, 0.5) is 11.4 Å². The molecule has 0 bridgehead atoms. The number of nitro groups is 1. The number of hydrogen-bond acceptors (Lipinski definition) is 6. The standard InChI is InChI=1S/C15H14N2O5S/c1-9-6-13(10(2)23-9)15(19)22-8-14(18)16-11-4-3-5-12(7-11)17(20)21/h3-7H,8H2,1-2H3,(H,16,18). The Balaban J connectivity index is 1.92. The minimum atomic E-state index is -0.568. The Morgan fingerprint density at radius 1 is 1.30 bits per heavy atom. The molecule has 7 nitrogen and oxygen atoms in total. The molecule has 0 fully saturated rings. The van der Waals surface area contributed by atoms with Gasteiger partial charge in [-0.25, -0.2) is 4.79 Å². The molecule has 1 aromatic heterocycles. The van der Waals surface area contributed by atoms with Crippen molar-refractivity contribution in [1.82, 2.24) is 0 Å². The highest BCUT2D eigenvalue weighted by Crippen LogP contribution is 2.21.